The molecule has 0 aromatic rings. The maximum Gasteiger partial charge on any atom is 0.0575 e. The zero-order valence-electron chi connectivity index (χ0n) is 9.88. The van der Waals surface area contributed by atoms with Crippen LogP contribution in [0.1, 0.15) is 40.5 Å². The van der Waals surface area contributed by atoms with Crippen LogP contribution in [0.2, 0.25) is 0 Å². The highest BCUT2D eigenvalue weighted by atomic mass is 16.3. The zero-order chi connectivity index (χ0) is 11.0. The van der Waals surface area contributed by atoms with Crippen LogP contribution in [0.5, 0.6) is 0 Å². The van der Waals surface area contributed by atoms with Crippen molar-refractivity contribution >= 4 is 0 Å². The van der Waals surface area contributed by atoms with Gasteiger partial charge in [0.1, 0.15) is 0 Å². The van der Waals surface area contributed by atoms with Crippen molar-refractivity contribution < 1.29 is 5.11 Å². The van der Waals surface area contributed by atoms with Gasteiger partial charge in [0.25, 0.3) is 0 Å². The van der Waals surface area contributed by atoms with Crippen molar-refractivity contribution in [1.29, 1.82) is 0 Å². The Hall–Kier alpha value is -0.120. The fraction of sp³-hybridized carbons (Fsp3) is 1.00. The van der Waals surface area contributed by atoms with Crippen molar-refractivity contribution in [2.75, 3.05) is 13.1 Å². The summed E-state index contributed by atoms with van der Waals surface area (Å²) in [6.07, 6.45) is 1.52. The normalized spacial score (nSPS) is 27.9. The molecule has 0 amide bonds. The lowest BCUT2D eigenvalue weighted by Crippen LogP contribution is -2.62. The van der Waals surface area contributed by atoms with Gasteiger partial charge in [0.05, 0.1) is 6.10 Å². The third kappa shape index (κ3) is 2.27. The maximum atomic E-state index is 9.81. The van der Waals surface area contributed by atoms with Gasteiger partial charge in [0.2, 0.25) is 0 Å². The standard InChI is InChI=1S/C11H24N2O/c1-10(2)7-9(14)8-11(3,4)13(10)6-5-12/h9,14H,5-8,12H2,1-4H3. The first kappa shape index (κ1) is 12.0. The van der Waals surface area contributed by atoms with Crippen molar-refractivity contribution in [3.8, 4) is 0 Å². The van der Waals surface area contributed by atoms with E-state index in [0.717, 1.165) is 19.4 Å². The molecule has 1 aliphatic heterocycles. The smallest absolute Gasteiger partial charge is 0.0575 e. The average Bonchev–Trinajstić information content (AvgIpc) is 1.94. The molecule has 1 fully saturated rings. The number of nitrogens with zero attached hydrogens (tertiary/aromatic N) is 1. The van der Waals surface area contributed by atoms with E-state index in [2.05, 4.69) is 32.6 Å². The quantitative estimate of drug-likeness (QED) is 0.698. The number of piperidine rings is 1. The van der Waals surface area contributed by atoms with Crippen LogP contribution in [-0.2, 0) is 0 Å². The van der Waals surface area contributed by atoms with Crippen molar-refractivity contribution in [2.24, 2.45) is 5.73 Å². The Bertz CT molecular complexity index is 183. The van der Waals surface area contributed by atoms with Crippen molar-refractivity contribution in [1.82, 2.24) is 4.90 Å². The summed E-state index contributed by atoms with van der Waals surface area (Å²) in [6.45, 7) is 10.3. The lowest BCUT2D eigenvalue weighted by Gasteiger charge is -2.54. The topological polar surface area (TPSA) is 49.5 Å². The van der Waals surface area contributed by atoms with Crippen molar-refractivity contribution in [3.63, 3.8) is 0 Å². The largest absolute Gasteiger partial charge is 0.393 e. The van der Waals surface area contributed by atoms with Crippen LogP contribution in [0, 0.1) is 0 Å². The second-order valence-electron chi connectivity index (χ2n) is 5.63. The van der Waals surface area contributed by atoms with Gasteiger partial charge in [-0.15, -0.1) is 0 Å². The average molecular weight is 200 g/mol. The number of aliphatic hydroxyl groups is 1. The van der Waals surface area contributed by atoms with Gasteiger partial charge in [-0.05, 0) is 40.5 Å². The minimum absolute atomic E-state index is 0.0561. The van der Waals surface area contributed by atoms with Gasteiger partial charge in [0.15, 0.2) is 0 Å². The molecule has 0 unspecified atom stereocenters. The second-order valence-corrected chi connectivity index (χ2v) is 5.63. The molecule has 0 saturated carbocycles. The highest BCUT2D eigenvalue weighted by molar-refractivity contribution is 4.99. The molecule has 0 radical (unpaired) electrons. The molecule has 1 rings (SSSR count). The van der Waals surface area contributed by atoms with Crippen LogP contribution in [-0.4, -0.2) is 40.3 Å². The van der Waals surface area contributed by atoms with Crippen LogP contribution >= 0.6 is 0 Å². The first-order valence-corrected chi connectivity index (χ1v) is 5.45. The Morgan fingerprint density at radius 3 is 2.00 bits per heavy atom. The molecule has 1 heterocycles. The minimum atomic E-state index is -0.172. The molecule has 0 atom stereocenters. The second kappa shape index (κ2) is 3.80. The Labute approximate surface area is 87.3 Å². The molecule has 0 aromatic carbocycles. The SMILES string of the molecule is CC1(C)CC(O)CC(C)(C)N1CCN. The van der Waals surface area contributed by atoms with E-state index in [-0.39, 0.29) is 17.2 Å². The number of aliphatic hydroxyl groups excluding tert-OH is 1. The minimum Gasteiger partial charge on any atom is -0.393 e. The summed E-state index contributed by atoms with van der Waals surface area (Å²) in [5.41, 5.74) is 5.74. The monoisotopic (exact) mass is 200 g/mol. The Kier molecular flexibility index (Phi) is 3.24. The van der Waals surface area contributed by atoms with Crippen molar-refractivity contribution in [3.05, 3.63) is 0 Å². The molecule has 0 aliphatic carbocycles. The third-order valence-electron chi connectivity index (χ3n) is 3.28. The number of rotatable bonds is 2. The van der Waals surface area contributed by atoms with Gasteiger partial charge in [-0.1, -0.05) is 0 Å². The molecule has 0 aromatic heterocycles. The number of nitrogens with two attached hydrogens (primary N) is 1. The Balaban J connectivity index is 2.85. The van der Waals surface area contributed by atoms with Crippen LogP contribution in [0.4, 0.5) is 0 Å². The highest BCUT2D eigenvalue weighted by Gasteiger charge is 2.44. The van der Waals surface area contributed by atoms with Gasteiger partial charge in [0, 0.05) is 24.2 Å². The van der Waals surface area contributed by atoms with E-state index >= 15 is 0 Å². The lowest BCUT2D eigenvalue weighted by molar-refractivity contribution is -0.0785. The molecular weight excluding hydrogens is 176 g/mol. The molecule has 3 N–H and O–H groups in total. The van der Waals surface area contributed by atoms with Gasteiger partial charge in [-0.2, -0.15) is 0 Å². The van der Waals surface area contributed by atoms with Crippen LogP contribution in [0.15, 0.2) is 0 Å². The summed E-state index contributed by atoms with van der Waals surface area (Å²) in [4.78, 5) is 2.42. The summed E-state index contributed by atoms with van der Waals surface area (Å²) in [5, 5.41) is 9.81. The number of hydrogen-bond acceptors (Lipinski definition) is 3. The molecule has 1 aliphatic rings. The predicted octanol–water partition coefficient (Wildman–Crippen LogP) is 0.959. The summed E-state index contributed by atoms with van der Waals surface area (Å²) >= 11 is 0. The fourth-order valence-electron chi connectivity index (χ4n) is 3.00. The predicted molar refractivity (Wildman–Crippen MR) is 59.2 cm³/mol. The fourth-order valence-corrected chi connectivity index (χ4v) is 3.00. The maximum absolute atomic E-state index is 9.81. The van der Waals surface area contributed by atoms with Gasteiger partial charge in [-0.3, -0.25) is 4.90 Å². The van der Waals surface area contributed by atoms with Gasteiger partial charge < -0.3 is 10.8 Å². The zero-order valence-corrected chi connectivity index (χ0v) is 9.88. The van der Waals surface area contributed by atoms with E-state index < -0.39 is 0 Å². The van der Waals surface area contributed by atoms with E-state index in [1.54, 1.807) is 0 Å². The van der Waals surface area contributed by atoms with E-state index in [9.17, 15) is 5.11 Å². The van der Waals surface area contributed by atoms with Crippen LogP contribution < -0.4 is 5.73 Å². The molecular formula is C11H24N2O. The number of likely N-dealkylation sites (tertiary alicyclic amines) is 1. The Morgan fingerprint density at radius 1 is 1.21 bits per heavy atom. The van der Waals surface area contributed by atoms with Crippen LogP contribution in [0.25, 0.3) is 0 Å². The van der Waals surface area contributed by atoms with E-state index in [1.165, 1.54) is 0 Å². The summed E-state index contributed by atoms with van der Waals surface area (Å²) in [6, 6.07) is 0. The molecule has 3 heteroatoms. The first-order valence-electron chi connectivity index (χ1n) is 5.45. The summed E-state index contributed by atoms with van der Waals surface area (Å²) < 4.78 is 0. The molecule has 1 saturated heterocycles. The van der Waals surface area contributed by atoms with Gasteiger partial charge in [-0.25, -0.2) is 0 Å². The highest BCUT2D eigenvalue weighted by Crippen LogP contribution is 2.37. The van der Waals surface area contributed by atoms with E-state index in [0.29, 0.717) is 6.54 Å². The van der Waals surface area contributed by atoms with Crippen LogP contribution in [0.3, 0.4) is 0 Å². The molecule has 84 valence electrons. The molecule has 3 nitrogen and oxygen atoms in total. The lowest BCUT2D eigenvalue weighted by atomic mass is 9.78. The third-order valence-corrected chi connectivity index (χ3v) is 3.28. The van der Waals surface area contributed by atoms with Gasteiger partial charge >= 0.3 is 0 Å². The number of hydrogen-bond donors (Lipinski definition) is 2. The van der Waals surface area contributed by atoms with E-state index in [4.69, 9.17) is 5.73 Å². The Morgan fingerprint density at radius 2 is 1.64 bits per heavy atom. The summed E-state index contributed by atoms with van der Waals surface area (Å²) in [5.74, 6) is 0. The summed E-state index contributed by atoms with van der Waals surface area (Å²) in [7, 11) is 0. The van der Waals surface area contributed by atoms with E-state index in [1.807, 2.05) is 0 Å². The van der Waals surface area contributed by atoms with Crippen molar-refractivity contribution in [2.45, 2.75) is 57.7 Å². The first-order chi connectivity index (χ1) is 6.29. The molecule has 14 heavy (non-hydrogen) atoms. The molecule has 0 spiro atoms. The molecule has 0 bridgehead atoms.